The van der Waals surface area contributed by atoms with E-state index in [1.807, 2.05) is 70.2 Å². The van der Waals surface area contributed by atoms with Crippen LogP contribution in [-0.4, -0.2) is 23.2 Å². The van der Waals surface area contributed by atoms with Crippen molar-refractivity contribution in [3.63, 3.8) is 0 Å². The second kappa shape index (κ2) is 7.37. The quantitative estimate of drug-likeness (QED) is 0.709. The molecule has 0 unspecified atom stereocenters. The van der Waals surface area contributed by atoms with Crippen LogP contribution in [0.5, 0.6) is 0 Å². The summed E-state index contributed by atoms with van der Waals surface area (Å²) in [5, 5.41) is 14.0. The Morgan fingerprint density at radius 1 is 1.26 bits per heavy atom. The van der Waals surface area contributed by atoms with Crippen LogP contribution in [0.3, 0.4) is 0 Å². The highest BCUT2D eigenvalue weighted by Gasteiger charge is 2.32. The summed E-state index contributed by atoms with van der Waals surface area (Å²) in [4.78, 5) is 12.2. The average Bonchev–Trinajstić information content (AvgIpc) is 2.59. The molecule has 0 radical (unpaired) electrons. The normalized spacial score (nSPS) is 14.4. The number of anilines is 1. The van der Waals surface area contributed by atoms with E-state index in [0.29, 0.717) is 10.6 Å². The Labute approximate surface area is 164 Å². The molecule has 0 bridgehead atoms. The minimum Gasteiger partial charge on any atom is -0.479 e. The molecule has 3 rings (SSSR count). The maximum Gasteiger partial charge on any atom is 0.337 e. The van der Waals surface area contributed by atoms with Crippen molar-refractivity contribution in [1.82, 2.24) is 0 Å². The van der Waals surface area contributed by atoms with Gasteiger partial charge in [0.15, 0.2) is 6.10 Å². The predicted octanol–water partition coefficient (Wildman–Crippen LogP) is 5.69. The minimum atomic E-state index is -1.07. The zero-order valence-electron chi connectivity index (χ0n) is 16.0. The highest BCUT2D eigenvalue weighted by Crippen LogP contribution is 2.42. The summed E-state index contributed by atoms with van der Waals surface area (Å²) in [7, 11) is 0. The lowest BCUT2D eigenvalue weighted by Gasteiger charge is -2.30. The average molecular weight is 386 g/mol. The van der Waals surface area contributed by atoms with E-state index in [0.717, 1.165) is 34.5 Å². The molecule has 1 atom stereocenters. The number of nitrogens with one attached hydrogen (secondary N) is 1. The second-order valence-corrected chi connectivity index (χ2v) is 8.12. The van der Waals surface area contributed by atoms with Crippen molar-refractivity contribution in [2.75, 3.05) is 11.9 Å². The van der Waals surface area contributed by atoms with Crippen LogP contribution in [0.4, 0.5) is 5.69 Å². The summed E-state index contributed by atoms with van der Waals surface area (Å²) < 4.78 is 5.97. The lowest BCUT2D eigenvalue weighted by atomic mass is 9.86. The molecule has 0 spiro atoms. The first-order valence-electron chi connectivity index (χ1n) is 8.92. The van der Waals surface area contributed by atoms with E-state index in [4.69, 9.17) is 16.3 Å². The van der Waals surface area contributed by atoms with Crippen molar-refractivity contribution in [3.8, 4) is 11.1 Å². The first-order chi connectivity index (χ1) is 12.7. The molecule has 0 saturated heterocycles. The second-order valence-electron chi connectivity index (χ2n) is 7.68. The predicted molar refractivity (Wildman–Crippen MR) is 110 cm³/mol. The Morgan fingerprint density at radius 3 is 2.52 bits per heavy atom. The van der Waals surface area contributed by atoms with Crippen molar-refractivity contribution in [1.29, 1.82) is 0 Å². The third-order valence-electron chi connectivity index (χ3n) is 4.40. The van der Waals surface area contributed by atoms with Gasteiger partial charge >= 0.3 is 5.97 Å². The fourth-order valence-corrected chi connectivity index (χ4v) is 3.49. The standard InChI is InChI=1S/C22H24ClNO3/c1-13-12-17-16(6-5-11-24-17)19(14-7-9-15(23)10-8-14)18(13)20(21(25)26)27-22(2,3)4/h5-10,12,20,24H,11H2,1-4H3,(H,25,26)/t20-/m0/s1. The summed E-state index contributed by atoms with van der Waals surface area (Å²) in [6.45, 7) is 8.25. The monoisotopic (exact) mass is 385 g/mol. The van der Waals surface area contributed by atoms with E-state index in [-0.39, 0.29) is 0 Å². The van der Waals surface area contributed by atoms with E-state index >= 15 is 0 Å². The number of benzene rings is 2. The summed E-state index contributed by atoms with van der Waals surface area (Å²) in [5.74, 6) is -1.00. The first kappa shape index (κ1) is 19.5. The third kappa shape index (κ3) is 4.18. The number of carboxylic acid groups (broad SMARTS) is 1. The molecule has 5 heteroatoms. The number of carboxylic acids is 1. The molecular formula is C22H24ClNO3. The molecule has 0 saturated carbocycles. The van der Waals surface area contributed by atoms with Crippen LogP contribution in [0.1, 0.15) is 43.6 Å². The van der Waals surface area contributed by atoms with Crippen LogP contribution < -0.4 is 5.32 Å². The minimum absolute atomic E-state index is 0.600. The molecule has 1 aliphatic heterocycles. The van der Waals surface area contributed by atoms with Crippen molar-refractivity contribution < 1.29 is 14.6 Å². The molecule has 0 aliphatic carbocycles. The van der Waals surface area contributed by atoms with Gasteiger partial charge in [0, 0.05) is 28.4 Å². The Bertz CT molecular complexity index is 895. The fraction of sp³-hybridized carbons (Fsp3) is 0.318. The SMILES string of the molecule is Cc1cc2c(c(-c3ccc(Cl)cc3)c1[C@H](OC(C)(C)C)C(=O)O)C=CCN2. The number of carbonyl (C=O) groups is 1. The smallest absolute Gasteiger partial charge is 0.337 e. The zero-order valence-corrected chi connectivity index (χ0v) is 16.7. The van der Waals surface area contributed by atoms with Crippen LogP contribution in [0.15, 0.2) is 36.4 Å². The summed E-state index contributed by atoms with van der Waals surface area (Å²) in [6, 6.07) is 9.46. The third-order valence-corrected chi connectivity index (χ3v) is 4.65. The molecule has 1 heterocycles. The number of aryl methyl sites for hydroxylation is 1. The van der Waals surface area contributed by atoms with Crippen LogP contribution in [0, 0.1) is 6.92 Å². The number of hydrogen-bond acceptors (Lipinski definition) is 3. The molecule has 142 valence electrons. The Hall–Kier alpha value is -2.30. The Morgan fingerprint density at radius 2 is 1.93 bits per heavy atom. The molecule has 27 heavy (non-hydrogen) atoms. The highest BCUT2D eigenvalue weighted by molar-refractivity contribution is 6.30. The van der Waals surface area contributed by atoms with Crippen LogP contribution in [0.2, 0.25) is 5.02 Å². The van der Waals surface area contributed by atoms with E-state index in [1.54, 1.807) is 0 Å². The summed E-state index contributed by atoms with van der Waals surface area (Å²) >= 11 is 6.07. The van der Waals surface area contributed by atoms with Crippen molar-refractivity contribution in [2.24, 2.45) is 0 Å². The molecule has 0 amide bonds. The number of rotatable bonds is 4. The summed E-state index contributed by atoms with van der Waals surface area (Å²) in [5.41, 5.74) is 4.67. The fourth-order valence-electron chi connectivity index (χ4n) is 3.37. The highest BCUT2D eigenvalue weighted by atomic mass is 35.5. The lowest BCUT2D eigenvalue weighted by Crippen LogP contribution is -2.28. The van der Waals surface area contributed by atoms with Crippen LogP contribution in [-0.2, 0) is 9.53 Å². The molecule has 2 aromatic rings. The van der Waals surface area contributed by atoms with Gasteiger partial charge in [-0.25, -0.2) is 4.79 Å². The summed E-state index contributed by atoms with van der Waals surface area (Å²) in [6.07, 6.45) is 2.99. The first-order valence-corrected chi connectivity index (χ1v) is 9.29. The number of hydrogen-bond donors (Lipinski definition) is 2. The molecule has 2 aromatic carbocycles. The van der Waals surface area contributed by atoms with Gasteiger partial charge in [0.2, 0.25) is 0 Å². The number of aliphatic carboxylic acids is 1. The van der Waals surface area contributed by atoms with E-state index in [1.165, 1.54) is 0 Å². The van der Waals surface area contributed by atoms with E-state index in [2.05, 4.69) is 5.32 Å². The topological polar surface area (TPSA) is 58.6 Å². The Balaban J connectivity index is 2.31. The van der Waals surface area contributed by atoms with Crippen LogP contribution >= 0.6 is 11.6 Å². The Kier molecular flexibility index (Phi) is 5.31. The number of fused-ring (bicyclic) bond motifs is 1. The number of halogens is 1. The molecule has 1 aliphatic rings. The largest absolute Gasteiger partial charge is 0.479 e. The van der Waals surface area contributed by atoms with Gasteiger partial charge in [-0.1, -0.05) is 35.9 Å². The van der Waals surface area contributed by atoms with E-state index in [9.17, 15) is 9.90 Å². The van der Waals surface area contributed by atoms with Gasteiger partial charge in [-0.15, -0.1) is 0 Å². The maximum atomic E-state index is 12.2. The van der Waals surface area contributed by atoms with Gasteiger partial charge in [0.05, 0.1) is 5.60 Å². The van der Waals surface area contributed by atoms with Crippen LogP contribution in [0.25, 0.3) is 17.2 Å². The van der Waals surface area contributed by atoms with Crippen molar-refractivity contribution in [2.45, 2.75) is 39.4 Å². The molecule has 4 nitrogen and oxygen atoms in total. The van der Waals surface area contributed by atoms with Gasteiger partial charge < -0.3 is 15.2 Å². The van der Waals surface area contributed by atoms with Gasteiger partial charge in [-0.3, -0.25) is 0 Å². The lowest BCUT2D eigenvalue weighted by molar-refractivity contribution is -0.160. The molecule has 2 N–H and O–H groups in total. The van der Waals surface area contributed by atoms with E-state index < -0.39 is 17.7 Å². The molecule has 0 fully saturated rings. The van der Waals surface area contributed by atoms with Gasteiger partial charge in [-0.05, 0) is 62.6 Å². The van der Waals surface area contributed by atoms with Crippen molar-refractivity contribution in [3.05, 3.63) is 58.1 Å². The van der Waals surface area contributed by atoms with Crippen molar-refractivity contribution >= 4 is 29.3 Å². The van der Waals surface area contributed by atoms with Gasteiger partial charge in [-0.2, -0.15) is 0 Å². The maximum absolute atomic E-state index is 12.2. The van der Waals surface area contributed by atoms with Gasteiger partial charge in [0.1, 0.15) is 0 Å². The zero-order chi connectivity index (χ0) is 19.8. The number of ether oxygens (including phenoxy) is 1. The molecular weight excluding hydrogens is 362 g/mol. The van der Waals surface area contributed by atoms with Gasteiger partial charge in [0.25, 0.3) is 0 Å². The molecule has 0 aromatic heterocycles.